The molecule has 1 aliphatic rings. The van der Waals surface area contributed by atoms with Crippen LogP contribution in [0.15, 0.2) is 36.7 Å². The Morgan fingerprint density at radius 3 is 2.95 bits per heavy atom. The summed E-state index contributed by atoms with van der Waals surface area (Å²) in [6.07, 6.45) is 4.11. The largest absolute Gasteiger partial charge is 0.478 e. The first-order chi connectivity index (χ1) is 10.2. The van der Waals surface area contributed by atoms with Gasteiger partial charge in [0.05, 0.1) is 23.0 Å². The van der Waals surface area contributed by atoms with Crippen LogP contribution in [0, 0.1) is 11.3 Å². The van der Waals surface area contributed by atoms with Crippen LogP contribution in [0.5, 0.6) is 0 Å². The van der Waals surface area contributed by atoms with Gasteiger partial charge < -0.3 is 10.0 Å². The van der Waals surface area contributed by atoms with E-state index in [1.54, 1.807) is 30.6 Å². The maximum atomic E-state index is 11.1. The summed E-state index contributed by atoms with van der Waals surface area (Å²) in [5.74, 6) is -0.922. The minimum Gasteiger partial charge on any atom is -0.478 e. The first-order valence-corrected chi connectivity index (χ1v) is 6.63. The number of hydrogen-bond donors (Lipinski definition) is 1. The third kappa shape index (κ3) is 2.43. The Bertz CT molecular complexity index is 749. The summed E-state index contributed by atoms with van der Waals surface area (Å²) in [4.78, 5) is 17.2. The summed E-state index contributed by atoms with van der Waals surface area (Å²) in [6, 6.07) is 9.10. The van der Waals surface area contributed by atoms with Gasteiger partial charge in [0.25, 0.3) is 0 Å². The van der Waals surface area contributed by atoms with E-state index in [0.29, 0.717) is 17.7 Å². The molecule has 5 heteroatoms. The van der Waals surface area contributed by atoms with Crippen molar-refractivity contribution in [1.82, 2.24) is 4.98 Å². The van der Waals surface area contributed by atoms with Crippen molar-refractivity contribution >= 4 is 11.7 Å². The van der Waals surface area contributed by atoms with E-state index in [4.69, 9.17) is 5.11 Å². The Morgan fingerprint density at radius 1 is 1.33 bits per heavy atom. The Kier molecular flexibility index (Phi) is 3.28. The van der Waals surface area contributed by atoms with Gasteiger partial charge in [-0.05, 0) is 35.7 Å². The Morgan fingerprint density at radius 2 is 2.19 bits per heavy atom. The third-order valence-electron chi connectivity index (χ3n) is 3.73. The van der Waals surface area contributed by atoms with Gasteiger partial charge in [0.2, 0.25) is 0 Å². The molecule has 1 aromatic carbocycles. The van der Waals surface area contributed by atoms with Gasteiger partial charge in [-0.2, -0.15) is 5.26 Å². The van der Waals surface area contributed by atoms with E-state index >= 15 is 0 Å². The second kappa shape index (κ2) is 5.25. The van der Waals surface area contributed by atoms with Gasteiger partial charge in [0.15, 0.2) is 0 Å². The van der Waals surface area contributed by atoms with E-state index in [9.17, 15) is 10.1 Å². The highest BCUT2D eigenvalue weighted by Gasteiger charge is 2.20. The van der Waals surface area contributed by atoms with Crippen LogP contribution in [0.1, 0.15) is 27.0 Å². The molecule has 5 nitrogen and oxygen atoms in total. The molecule has 0 saturated heterocycles. The summed E-state index contributed by atoms with van der Waals surface area (Å²) < 4.78 is 0. The fourth-order valence-electron chi connectivity index (χ4n) is 2.63. The van der Waals surface area contributed by atoms with E-state index in [0.717, 1.165) is 24.2 Å². The first-order valence-electron chi connectivity index (χ1n) is 6.63. The van der Waals surface area contributed by atoms with E-state index in [2.05, 4.69) is 16.0 Å². The lowest BCUT2D eigenvalue weighted by atomic mass is 9.97. The van der Waals surface area contributed by atoms with Crippen LogP contribution in [0.4, 0.5) is 5.69 Å². The molecular formula is C16H13N3O2. The maximum absolute atomic E-state index is 11.1. The Labute approximate surface area is 122 Å². The lowest BCUT2D eigenvalue weighted by molar-refractivity contribution is 0.0696. The zero-order valence-electron chi connectivity index (χ0n) is 11.3. The molecule has 0 saturated carbocycles. The summed E-state index contributed by atoms with van der Waals surface area (Å²) in [7, 11) is 0. The SMILES string of the molecule is N#Cc1ccncc1N1CCc2ccc(C(=O)O)cc2C1. The van der Waals surface area contributed by atoms with Crippen molar-refractivity contribution in [3.63, 3.8) is 0 Å². The minimum atomic E-state index is -0.922. The molecule has 3 rings (SSSR count). The van der Waals surface area contributed by atoms with Gasteiger partial charge in [-0.1, -0.05) is 6.07 Å². The van der Waals surface area contributed by atoms with Crippen LogP contribution in [0.25, 0.3) is 0 Å². The van der Waals surface area contributed by atoms with E-state index in [1.807, 2.05) is 6.07 Å². The van der Waals surface area contributed by atoms with Crippen LogP contribution < -0.4 is 4.90 Å². The van der Waals surface area contributed by atoms with Gasteiger partial charge >= 0.3 is 5.97 Å². The molecule has 0 radical (unpaired) electrons. The second-order valence-electron chi connectivity index (χ2n) is 4.96. The predicted octanol–water partition coefficient (Wildman–Crippen LogP) is 2.21. The molecule has 1 aromatic heterocycles. The summed E-state index contributed by atoms with van der Waals surface area (Å²) in [6.45, 7) is 1.39. The zero-order valence-corrected chi connectivity index (χ0v) is 11.3. The highest BCUT2D eigenvalue weighted by molar-refractivity contribution is 5.88. The third-order valence-corrected chi connectivity index (χ3v) is 3.73. The zero-order chi connectivity index (χ0) is 14.8. The van der Waals surface area contributed by atoms with Crippen LogP contribution in [-0.4, -0.2) is 22.6 Å². The highest BCUT2D eigenvalue weighted by Crippen LogP contribution is 2.27. The van der Waals surface area contributed by atoms with E-state index in [1.165, 1.54) is 5.56 Å². The number of aromatic nitrogens is 1. The van der Waals surface area contributed by atoms with Gasteiger partial charge in [0, 0.05) is 19.3 Å². The number of hydrogen-bond acceptors (Lipinski definition) is 4. The number of pyridine rings is 1. The smallest absolute Gasteiger partial charge is 0.335 e. The predicted molar refractivity (Wildman–Crippen MR) is 77.1 cm³/mol. The molecule has 0 bridgehead atoms. The fraction of sp³-hybridized carbons (Fsp3) is 0.188. The van der Waals surface area contributed by atoms with Crippen molar-refractivity contribution < 1.29 is 9.90 Å². The quantitative estimate of drug-likeness (QED) is 0.912. The van der Waals surface area contributed by atoms with Crippen LogP contribution in [-0.2, 0) is 13.0 Å². The van der Waals surface area contributed by atoms with E-state index < -0.39 is 5.97 Å². The first kappa shape index (κ1) is 13.1. The van der Waals surface area contributed by atoms with Gasteiger partial charge in [-0.25, -0.2) is 4.79 Å². The fourth-order valence-corrected chi connectivity index (χ4v) is 2.63. The second-order valence-corrected chi connectivity index (χ2v) is 4.96. The lowest BCUT2D eigenvalue weighted by Crippen LogP contribution is -2.31. The normalized spacial score (nSPS) is 13.4. The molecule has 1 N–H and O–H groups in total. The van der Waals surface area contributed by atoms with Gasteiger partial charge in [-0.3, -0.25) is 4.98 Å². The number of carboxylic acids is 1. The molecule has 0 unspecified atom stereocenters. The number of anilines is 1. The van der Waals surface area contributed by atoms with Crippen molar-refractivity contribution in [1.29, 1.82) is 5.26 Å². The number of rotatable bonds is 2. The summed E-state index contributed by atoms with van der Waals surface area (Å²) >= 11 is 0. The van der Waals surface area contributed by atoms with Crippen molar-refractivity contribution in [3.8, 4) is 6.07 Å². The molecule has 0 aliphatic carbocycles. The van der Waals surface area contributed by atoms with Crippen LogP contribution in [0.3, 0.4) is 0 Å². The standard InChI is InChI=1S/C16H13N3O2/c17-8-13-3-5-18-9-15(13)19-6-4-11-1-2-12(16(20)21)7-14(11)10-19/h1-3,5,7,9H,4,6,10H2,(H,20,21). The Hall–Kier alpha value is -2.87. The number of carboxylic acid groups (broad SMARTS) is 1. The maximum Gasteiger partial charge on any atom is 0.335 e. The molecule has 2 heterocycles. The molecule has 0 amide bonds. The number of aromatic carboxylic acids is 1. The Balaban J connectivity index is 1.95. The van der Waals surface area contributed by atoms with Gasteiger partial charge in [-0.15, -0.1) is 0 Å². The monoisotopic (exact) mass is 279 g/mol. The van der Waals surface area contributed by atoms with Crippen molar-refractivity contribution in [2.24, 2.45) is 0 Å². The average Bonchev–Trinajstić information content (AvgIpc) is 2.53. The highest BCUT2D eigenvalue weighted by atomic mass is 16.4. The molecule has 104 valence electrons. The minimum absolute atomic E-state index is 0.294. The molecule has 2 aromatic rings. The van der Waals surface area contributed by atoms with Crippen molar-refractivity contribution in [2.75, 3.05) is 11.4 Å². The summed E-state index contributed by atoms with van der Waals surface area (Å²) in [5.41, 5.74) is 3.84. The number of nitrogens with zero attached hydrogens (tertiary/aromatic N) is 3. The average molecular weight is 279 g/mol. The van der Waals surface area contributed by atoms with Crippen molar-refractivity contribution in [3.05, 3.63) is 58.9 Å². The molecule has 1 aliphatic heterocycles. The molecule has 0 spiro atoms. The molecule has 0 fully saturated rings. The van der Waals surface area contributed by atoms with Gasteiger partial charge in [0.1, 0.15) is 6.07 Å². The van der Waals surface area contributed by atoms with Crippen molar-refractivity contribution in [2.45, 2.75) is 13.0 Å². The van der Waals surface area contributed by atoms with Crippen LogP contribution >= 0.6 is 0 Å². The number of nitriles is 1. The molecule has 21 heavy (non-hydrogen) atoms. The number of carbonyl (C=O) groups is 1. The number of benzene rings is 1. The lowest BCUT2D eigenvalue weighted by Gasteiger charge is -2.31. The summed E-state index contributed by atoms with van der Waals surface area (Å²) in [5, 5.41) is 18.3. The topological polar surface area (TPSA) is 77.2 Å². The van der Waals surface area contributed by atoms with E-state index in [-0.39, 0.29) is 0 Å². The van der Waals surface area contributed by atoms with Crippen LogP contribution in [0.2, 0.25) is 0 Å². The molecule has 0 atom stereocenters. The number of fused-ring (bicyclic) bond motifs is 1. The molecular weight excluding hydrogens is 266 g/mol.